The number of hydrogen-bond acceptors (Lipinski definition) is 6. The Labute approximate surface area is 135 Å². The molecule has 0 bridgehead atoms. The van der Waals surface area contributed by atoms with Crippen molar-refractivity contribution in [3.8, 4) is 12.1 Å². The first kappa shape index (κ1) is 14.8. The molecular weight excluding hydrogens is 288 g/mol. The van der Waals surface area contributed by atoms with E-state index < -0.39 is 0 Å². The lowest BCUT2D eigenvalue weighted by Crippen LogP contribution is -2.39. The smallest absolute Gasteiger partial charge is 0.144 e. The maximum absolute atomic E-state index is 9.11. The van der Waals surface area contributed by atoms with E-state index in [1.54, 1.807) is 30.6 Å². The van der Waals surface area contributed by atoms with Crippen LogP contribution in [0.25, 0.3) is 0 Å². The van der Waals surface area contributed by atoms with E-state index in [2.05, 4.69) is 32.3 Å². The van der Waals surface area contributed by atoms with Gasteiger partial charge in [0.25, 0.3) is 0 Å². The lowest BCUT2D eigenvalue weighted by atomic mass is 10.0. The molecule has 1 saturated heterocycles. The zero-order chi connectivity index (χ0) is 16.1. The van der Waals surface area contributed by atoms with Crippen LogP contribution in [0.5, 0.6) is 0 Å². The highest BCUT2D eigenvalue weighted by Crippen LogP contribution is 2.21. The van der Waals surface area contributed by atoms with Gasteiger partial charge in [0.05, 0.1) is 11.1 Å². The molecule has 2 aromatic rings. The summed E-state index contributed by atoms with van der Waals surface area (Å²) in [6, 6.07) is 11.7. The molecule has 3 heterocycles. The summed E-state index contributed by atoms with van der Waals surface area (Å²) in [6.07, 6.45) is 5.19. The van der Waals surface area contributed by atoms with E-state index in [0.717, 1.165) is 31.7 Å². The Balaban J connectivity index is 1.60. The molecule has 0 aromatic carbocycles. The molecule has 0 aliphatic carbocycles. The third-order valence-electron chi connectivity index (χ3n) is 3.96. The minimum Gasteiger partial charge on any atom is -0.366 e. The first-order valence-corrected chi connectivity index (χ1v) is 7.53. The van der Waals surface area contributed by atoms with Gasteiger partial charge < -0.3 is 10.2 Å². The number of rotatable bonds is 3. The summed E-state index contributed by atoms with van der Waals surface area (Å²) < 4.78 is 0. The van der Waals surface area contributed by atoms with Crippen molar-refractivity contribution in [3.63, 3.8) is 0 Å². The van der Waals surface area contributed by atoms with E-state index in [-0.39, 0.29) is 0 Å². The van der Waals surface area contributed by atoms with E-state index in [4.69, 9.17) is 10.5 Å². The third kappa shape index (κ3) is 3.38. The minimum atomic E-state index is 0.298. The molecule has 0 amide bonds. The minimum absolute atomic E-state index is 0.298. The average Bonchev–Trinajstić information content (AvgIpc) is 2.63. The van der Waals surface area contributed by atoms with E-state index >= 15 is 0 Å². The maximum atomic E-state index is 9.11. The van der Waals surface area contributed by atoms with Crippen molar-refractivity contribution in [3.05, 3.63) is 47.8 Å². The number of hydrogen-bond donors (Lipinski definition) is 1. The van der Waals surface area contributed by atoms with Crippen LogP contribution in [0.3, 0.4) is 0 Å². The Morgan fingerprint density at radius 2 is 1.91 bits per heavy atom. The molecular formula is C17H16N6. The summed E-state index contributed by atoms with van der Waals surface area (Å²) in [4.78, 5) is 10.8. The Bertz CT molecular complexity index is 748. The van der Waals surface area contributed by atoms with Crippen LogP contribution in [-0.2, 0) is 0 Å². The van der Waals surface area contributed by atoms with Crippen LogP contribution in [-0.4, -0.2) is 29.1 Å². The molecule has 1 aliphatic heterocycles. The zero-order valence-electron chi connectivity index (χ0n) is 12.6. The molecule has 1 fully saturated rings. The second-order valence-corrected chi connectivity index (χ2v) is 5.43. The molecule has 0 spiro atoms. The number of anilines is 2. The summed E-state index contributed by atoms with van der Waals surface area (Å²) in [7, 11) is 0. The number of piperidine rings is 1. The Kier molecular flexibility index (Phi) is 4.35. The van der Waals surface area contributed by atoms with Gasteiger partial charge in [-0.15, -0.1) is 0 Å². The lowest BCUT2D eigenvalue weighted by Gasteiger charge is -2.33. The standard InChI is InChI=1S/C17H16N6/c18-10-13-3-4-16(21-12-13)23-8-5-15(6-9-23)22-17-14(11-19)2-1-7-20-17/h1-4,7,12,15H,5-6,8-9H2,(H,20,22). The molecule has 1 aliphatic rings. The monoisotopic (exact) mass is 304 g/mol. The topological polar surface area (TPSA) is 88.6 Å². The second kappa shape index (κ2) is 6.76. The molecule has 114 valence electrons. The van der Waals surface area contributed by atoms with Gasteiger partial charge in [-0.2, -0.15) is 10.5 Å². The van der Waals surface area contributed by atoms with E-state index in [0.29, 0.717) is 23.0 Å². The van der Waals surface area contributed by atoms with Crippen molar-refractivity contribution in [2.75, 3.05) is 23.3 Å². The number of nitrogens with one attached hydrogen (secondary N) is 1. The highest BCUT2D eigenvalue weighted by Gasteiger charge is 2.21. The summed E-state index contributed by atoms with van der Waals surface area (Å²) in [5, 5.41) is 21.3. The van der Waals surface area contributed by atoms with Crippen LogP contribution < -0.4 is 10.2 Å². The molecule has 2 aromatic heterocycles. The Morgan fingerprint density at radius 1 is 1.09 bits per heavy atom. The fourth-order valence-electron chi connectivity index (χ4n) is 2.70. The van der Waals surface area contributed by atoms with Crippen LogP contribution in [0.15, 0.2) is 36.7 Å². The van der Waals surface area contributed by atoms with Crippen LogP contribution in [0, 0.1) is 22.7 Å². The van der Waals surface area contributed by atoms with Gasteiger partial charge in [-0.1, -0.05) is 0 Å². The van der Waals surface area contributed by atoms with Gasteiger partial charge in [0, 0.05) is 31.5 Å². The number of aromatic nitrogens is 2. The van der Waals surface area contributed by atoms with Gasteiger partial charge in [0.2, 0.25) is 0 Å². The van der Waals surface area contributed by atoms with E-state index in [9.17, 15) is 0 Å². The summed E-state index contributed by atoms with van der Waals surface area (Å²) in [5.74, 6) is 1.56. The molecule has 23 heavy (non-hydrogen) atoms. The Hall–Kier alpha value is -3.12. The van der Waals surface area contributed by atoms with E-state index in [1.165, 1.54) is 0 Å². The first-order chi connectivity index (χ1) is 11.3. The fourth-order valence-corrected chi connectivity index (χ4v) is 2.70. The predicted molar refractivity (Wildman–Crippen MR) is 86.8 cm³/mol. The normalized spacial score (nSPS) is 14.8. The highest BCUT2D eigenvalue weighted by molar-refractivity contribution is 5.52. The summed E-state index contributed by atoms with van der Waals surface area (Å²) >= 11 is 0. The lowest BCUT2D eigenvalue weighted by molar-refractivity contribution is 0.522. The van der Waals surface area contributed by atoms with Crippen molar-refractivity contribution in [2.24, 2.45) is 0 Å². The van der Waals surface area contributed by atoms with Gasteiger partial charge in [-0.05, 0) is 37.1 Å². The molecule has 0 unspecified atom stereocenters. The summed E-state index contributed by atoms with van der Waals surface area (Å²) in [5.41, 5.74) is 1.15. The maximum Gasteiger partial charge on any atom is 0.144 e. The first-order valence-electron chi connectivity index (χ1n) is 7.53. The molecule has 6 nitrogen and oxygen atoms in total. The molecule has 0 saturated carbocycles. The van der Waals surface area contributed by atoms with Crippen LogP contribution in [0.1, 0.15) is 24.0 Å². The average molecular weight is 304 g/mol. The molecule has 6 heteroatoms. The molecule has 1 N–H and O–H groups in total. The highest BCUT2D eigenvalue weighted by atomic mass is 15.2. The van der Waals surface area contributed by atoms with Gasteiger partial charge >= 0.3 is 0 Å². The van der Waals surface area contributed by atoms with Crippen molar-refractivity contribution < 1.29 is 0 Å². The quantitative estimate of drug-likeness (QED) is 0.936. The van der Waals surface area contributed by atoms with Crippen molar-refractivity contribution in [1.29, 1.82) is 10.5 Å². The zero-order valence-corrected chi connectivity index (χ0v) is 12.6. The second-order valence-electron chi connectivity index (χ2n) is 5.43. The van der Waals surface area contributed by atoms with Crippen LogP contribution >= 0.6 is 0 Å². The molecule has 3 rings (SSSR count). The Morgan fingerprint density at radius 3 is 2.57 bits per heavy atom. The number of pyridine rings is 2. The van der Waals surface area contributed by atoms with Gasteiger partial charge in [0.15, 0.2) is 0 Å². The molecule has 0 radical (unpaired) electrons. The van der Waals surface area contributed by atoms with Gasteiger partial charge in [0.1, 0.15) is 23.8 Å². The van der Waals surface area contributed by atoms with Crippen molar-refractivity contribution in [2.45, 2.75) is 18.9 Å². The van der Waals surface area contributed by atoms with Crippen molar-refractivity contribution >= 4 is 11.6 Å². The van der Waals surface area contributed by atoms with Crippen LogP contribution in [0.4, 0.5) is 11.6 Å². The fraction of sp³-hybridized carbons (Fsp3) is 0.294. The number of nitriles is 2. The third-order valence-corrected chi connectivity index (χ3v) is 3.96. The van der Waals surface area contributed by atoms with Gasteiger partial charge in [-0.3, -0.25) is 0 Å². The molecule has 0 atom stereocenters. The largest absolute Gasteiger partial charge is 0.366 e. The van der Waals surface area contributed by atoms with E-state index in [1.807, 2.05) is 6.07 Å². The van der Waals surface area contributed by atoms with Crippen LogP contribution in [0.2, 0.25) is 0 Å². The SMILES string of the molecule is N#Cc1ccc(N2CCC(Nc3ncccc3C#N)CC2)nc1. The number of nitrogens with zero attached hydrogens (tertiary/aromatic N) is 5. The predicted octanol–water partition coefficient (Wildman–Crippen LogP) is 2.30. The van der Waals surface area contributed by atoms with Gasteiger partial charge in [-0.25, -0.2) is 9.97 Å². The summed E-state index contributed by atoms with van der Waals surface area (Å²) in [6.45, 7) is 1.76. The van der Waals surface area contributed by atoms with Crippen molar-refractivity contribution in [1.82, 2.24) is 9.97 Å².